The Balaban J connectivity index is 0.00000484. The standard InChI is InChI=1S/C15H26N4O2S.HI/c1-5-16-15(19-13(3)8-10-22(4,20)21)18-11-14-12(2)7-6-9-17-14;/h6-7,9,13H,5,8,10-11H2,1-4H3,(H2,16,18,19);1H. The van der Waals surface area contributed by atoms with Crippen molar-refractivity contribution in [3.8, 4) is 0 Å². The van der Waals surface area contributed by atoms with Gasteiger partial charge in [0.2, 0.25) is 0 Å². The molecule has 0 spiro atoms. The van der Waals surface area contributed by atoms with Gasteiger partial charge in [0, 0.05) is 25.0 Å². The van der Waals surface area contributed by atoms with Crippen LogP contribution in [0.25, 0.3) is 0 Å². The molecule has 2 N–H and O–H groups in total. The van der Waals surface area contributed by atoms with Crippen LogP contribution in [0.1, 0.15) is 31.5 Å². The van der Waals surface area contributed by atoms with Crippen molar-refractivity contribution >= 4 is 39.8 Å². The molecule has 0 amide bonds. The van der Waals surface area contributed by atoms with Crippen LogP contribution < -0.4 is 10.6 Å². The first-order valence-corrected chi connectivity index (χ1v) is 9.51. The van der Waals surface area contributed by atoms with Gasteiger partial charge in [0.1, 0.15) is 9.84 Å². The van der Waals surface area contributed by atoms with Gasteiger partial charge in [0.25, 0.3) is 0 Å². The van der Waals surface area contributed by atoms with E-state index in [1.54, 1.807) is 6.20 Å². The predicted octanol–water partition coefficient (Wildman–Crippen LogP) is 1.89. The number of sulfone groups is 1. The molecule has 1 rings (SSSR count). The minimum Gasteiger partial charge on any atom is -0.357 e. The van der Waals surface area contributed by atoms with Gasteiger partial charge in [-0.05, 0) is 38.8 Å². The second-order valence-corrected chi connectivity index (χ2v) is 7.69. The van der Waals surface area contributed by atoms with E-state index in [9.17, 15) is 8.42 Å². The number of aromatic nitrogens is 1. The largest absolute Gasteiger partial charge is 0.357 e. The van der Waals surface area contributed by atoms with Crippen LogP contribution in [0.15, 0.2) is 23.3 Å². The van der Waals surface area contributed by atoms with Gasteiger partial charge in [0.15, 0.2) is 5.96 Å². The number of pyridine rings is 1. The lowest BCUT2D eigenvalue weighted by atomic mass is 10.2. The number of rotatable bonds is 7. The van der Waals surface area contributed by atoms with Crippen LogP contribution in [0.4, 0.5) is 0 Å². The van der Waals surface area contributed by atoms with E-state index in [-0.39, 0.29) is 35.8 Å². The molecule has 1 aromatic rings. The van der Waals surface area contributed by atoms with Gasteiger partial charge in [0.05, 0.1) is 18.0 Å². The van der Waals surface area contributed by atoms with Crippen LogP contribution in [0.2, 0.25) is 0 Å². The molecule has 0 aliphatic carbocycles. The van der Waals surface area contributed by atoms with Crippen molar-refractivity contribution in [2.45, 2.75) is 39.8 Å². The Kier molecular flexibility index (Phi) is 10.4. The monoisotopic (exact) mass is 454 g/mol. The zero-order chi connectivity index (χ0) is 16.6. The van der Waals surface area contributed by atoms with Crippen molar-refractivity contribution in [1.82, 2.24) is 15.6 Å². The van der Waals surface area contributed by atoms with Gasteiger partial charge in [-0.2, -0.15) is 0 Å². The molecule has 0 saturated heterocycles. The highest BCUT2D eigenvalue weighted by atomic mass is 127. The highest BCUT2D eigenvalue weighted by molar-refractivity contribution is 14.0. The van der Waals surface area contributed by atoms with Gasteiger partial charge in [-0.3, -0.25) is 4.98 Å². The number of hydrogen-bond donors (Lipinski definition) is 2. The summed E-state index contributed by atoms with van der Waals surface area (Å²) < 4.78 is 22.4. The molecular formula is C15H27IN4O2S. The molecule has 132 valence electrons. The Morgan fingerprint density at radius 2 is 2.13 bits per heavy atom. The summed E-state index contributed by atoms with van der Waals surface area (Å²) in [6, 6.07) is 3.93. The molecule has 1 aromatic heterocycles. The van der Waals surface area contributed by atoms with Gasteiger partial charge >= 0.3 is 0 Å². The second kappa shape index (κ2) is 10.8. The fourth-order valence-electron chi connectivity index (χ4n) is 1.85. The van der Waals surface area contributed by atoms with E-state index < -0.39 is 9.84 Å². The highest BCUT2D eigenvalue weighted by Crippen LogP contribution is 2.04. The lowest BCUT2D eigenvalue weighted by Crippen LogP contribution is -2.42. The molecule has 0 saturated carbocycles. The molecule has 6 nitrogen and oxygen atoms in total. The summed E-state index contributed by atoms with van der Waals surface area (Å²) in [4.78, 5) is 8.83. The summed E-state index contributed by atoms with van der Waals surface area (Å²) >= 11 is 0. The first kappa shape index (κ1) is 22.1. The number of guanidine groups is 1. The molecule has 1 heterocycles. The smallest absolute Gasteiger partial charge is 0.191 e. The van der Waals surface area contributed by atoms with Crippen molar-refractivity contribution in [1.29, 1.82) is 0 Å². The summed E-state index contributed by atoms with van der Waals surface area (Å²) in [6.45, 7) is 7.17. The average Bonchev–Trinajstić information content (AvgIpc) is 2.43. The van der Waals surface area contributed by atoms with Crippen molar-refractivity contribution in [2.75, 3.05) is 18.6 Å². The average molecular weight is 454 g/mol. The molecule has 1 atom stereocenters. The third-order valence-electron chi connectivity index (χ3n) is 3.15. The number of halogens is 1. The van der Waals surface area contributed by atoms with E-state index in [1.165, 1.54) is 6.26 Å². The molecule has 1 unspecified atom stereocenters. The fraction of sp³-hybridized carbons (Fsp3) is 0.600. The number of nitrogens with one attached hydrogen (secondary N) is 2. The molecule has 0 aliphatic rings. The summed E-state index contributed by atoms with van der Waals surface area (Å²) in [5.74, 6) is 0.841. The van der Waals surface area contributed by atoms with Gasteiger partial charge in [-0.25, -0.2) is 13.4 Å². The van der Waals surface area contributed by atoms with Gasteiger partial charge < -0.3 is 10.6 Å². The SMILES string of the molecule is CCNC(=NCc1ncccc1C)NC(C)CCS(C)(=O)=O.I. The van der Waals surface area contributed by atoms with E-state index in [0.717, 1.165) is 17.8 Å². The number of aliphatic imine (C=N–C) groups is 1. The quantitative estimate of drug-likeness (QED) is 0.374. The minimum absolute atomic E-state index is 0. The Morgan fingerprint density at radius 3 is 2.70 bits per heavy atom. The maximum Gasteiger partial charge on any atom is 0.191 e. The topological polar surface area (TPSA) is 83.4 Å². The zero-order valence-electron chi connectivity index (χ0n) is 14.2. The Morgan fingerprint density at radius 1 is 1.43 bits per heavy atom. The van der Waals surface area contributed by atoms with Crippen LogP contribution in [0.3, 0.4) is 0 Å². The summed E-state index contributed by atoms with van der Waals surface area (Å²) in [7, 11) is -2.94. The molecule has 8 heteroatoms. The van der Waals surface area contributed by atoms with Crippen LogP contribution >= 0.6 is 24.0 Å². The summed E-state index contributed by atoms with van der Waals surface area (Å²) in [6.07, 6.45) is 3.56. The first-order valence-electron chi connectivity index (χ1n) is 7.45. The van der Waals surface area contributed by atoms with Crippen LogP contribution in [-0.4, -0.2) is 44.0 Å². The van der Waals surface area contributed by atoms with E-state index in [4.69, 9.17) is 0 Å². The lowest BCUT2D eigenvalue weighted by molar-refractivity contribution is 0.581. The highest BCUT2D eigenvalue weighted by Gasteiger charge is 2.09. The second-order valence-electron chi connectivity index (χ2n) is 5.43. The molecular weight excluding hydrogens is 427 g/mol. The van der Waals surface area contributed by atoms with Crippen molar-refractivity contribution in [2.24, 2.45) is 4.99 Å². The predicted molar refractivity (Wildman–Crippen MR) is 106 cm³/mol. The zero-order valence-corrected chi connectivity index (χ0v) is 17.3. The Hall–Kier alpha value is -0.900. The van der Waals surface area contributed by atoms with Gasteiger partial charge in [-0.1, -0.05) is 6.07 Å². The molecule has 0 radical (unpaired) electrons. The number of hydrogen-bond acceptors (Lipinski definition) is 4. The number of nitrogens with zero attached hydrogens (tertiary/aromatic N) is 2. The maximum atomic E-state index is 11.2. The van der Waals surface area contributed by atoms with E-state index in [1.807, 2.05) is 32.9 Å². The van der Waals surface area contributed by atoms with E-state index in [2.05, 4.69) is 20.6 Å². The summed E-state index contributed by atoms with van der Waals surface area (Å²) in [5.41, 5.74) is 2.04. The lowest BCUT2D eigenvalue weighted by Gasteiger charge is -2.17. The maximum absolute atomic E-state index is 11.2. The van der Waals surface area contributed by atoms with Crippen LogP contribution in [0.5, 0.6) is 0 Å². The molecule has 0 bridgehead atoms. The number of aryl methyl sites for hydroxylation is 1. The third kappa shape index (κ3) is 9.75. The van der Waals surface area contributed by atoms with Gasteiger partial charge in [-0.15, -0.1) is 24.0 Å². The van der Waals surface area contributed by atoms with E-state index >= 15 is 0 Å². The van der Waals surface area contributed by atoms with Crippen LogP contribution in [0, 0.1) is 6.92 Å². The molecule has 0 aliphatic heterocycles. The normalized spacial score (nSPS) is 13.1. The van der Waals surface area contributed by atoms with Crippen LogP contribution in [-0.2, 0) is 16.4 Å². The molecule has 0 fully saturated rings. The Bertz CT molecular complexity index is 605. The molecule has 23 heavy (non-hydrogen) atoms. The third-order valence-corrected chi connectivity index (χ3v) is 4.13. The van der Waals surface area contributed by atoms with Crippen molar-refractivity contribution < 1.29 is 8.42 Å². The molecule has 0 aromatic carbocycles. The fourth-order valence-corrected chi connectivity index (χ4v) is 2.64. The summed E-state index contributed by atoms with van der Waals surface area (Å²) in [5, 5.41) is 6.39. The Labute approximate surface area is 156 Å². The minimum atomic E-state index is -2.94. The van der Waals surface area contributed by atoms with E-state index in [0.29, 0.717) is 18.9 Å². The van der Waals surface area contributed by atoms with Crippen molar-refractivity contribution in [3.63, 3.8) is 0 Å². The van der Waals surface area contributed by atoms with Crippen molar-refractivity contribution in [3.05, 3.63) is 29.6 Å². The first-order chi connectivity index (χ1) is 10.3.